The highest BCUT2D eigenvalue weighted by Gasteiger charge is 2.56. The van der Waals surface area contributed by atoms with Crippen LogP contribution in [0.15, 0.2) is 24.3 Å². The molecule has 0 radical (unpaired) electrons. The minimum Gasteiger partial charge on any atom is -0.462 e. The highest BCUT2D eigenvalue weighted by Crippen LogP contribution is 2.40. The number of esters is 1. The van der Waals surface area contributed by atoms with Gasteiger partial charge in [0.15, 0.2) is 12.1 Å². The molecule has 0 saturated carbocycles. The van der Waals surface area contributed by atoms with E-state index >= 15 is 0 Å². The predicted octanol–water partition coefficient (Wildman–Crippen LogP) is 1.36. The SMILES string of the molecule is CC1(C)O[C@H]2O[C@@H](CCOC(=O)c3ccc([N+](=O)[O-])cc3)[C@@H](OS(C)(=O)=O)[C@H]2O1. The number of hydrogen-bond donors (Lipinski definition) is 0. The summed E-state index contributed by atoms with van der Waals surface area (Å²) in [6, 6.07) is 4.97. The average Bonchev–Trinajstić information content (AvgIpc) is 3.06. The van der Waals surface area contributed by atoms with E-state index in [1.54, 1.807) is 13.8 Å². The lowest BCUT2D eigenvalue weighted by atomic mass is 10.1. The van der Waals surface area contributed by atoms with Crippen LogP contribution in [0.1, 0.15) is 30.6 Å². The van der Waals surface area contributed by atoms with Crippen molar-refractivity contribution < 1.29 is 41.3 Å². The number of ether oxygens (including phenoxy) is 4. The van der Waals surface area contributed by atoms with Crippen LogP contribution in [-0.4, -0.2) is 62.6 Å². The molecule has 0 aliphatic carbocycles. The summed E-state index contributed by atoms with van der Waals surface area (Å²) in [7, 11) is -3.79. The highest BCUT2D eigenvalue weighted by molar-refractivity contribution is 7.86. The molecule has 0 N–H and O–H groups in total. The third-order valence-corrected chi connectivity index (χ3v) is 4.89. The normalized spacial score (nSPS) is 28.1. The summed E-state index contributed by atoms with van der Waals surface area (Å²) in [5.74, 6) is -1.62. The van der Waals surface area contributed by atoms with Gasteiger partial charge < -0.3 is 18.9 Å². The molecule has 2 fully saturated rings. The van der Waals surface area contributed by atoms with Crippen molar-refractivity contribution >= 4 is 21.8 Å². The van der Waals surface area contributed by atoms with Crippen molar-refractivity contribution in [2.24, 2.45) is 0 Å². The number of carbonyl (C=O) groups is 1. The third kappa shape index (κ3) is 5.28. The topological polar surface area (TPSA) is 140 Å². The second kappa shape index (κ2) is 7.95. The molecule has 1 aromatic carbocycles. The third-order valence-electron chi connectivity index (χ3n) is 4.32. The van der Waals surface area contributed by atoms with Crippen molar-refractivity contribution in [3.05, 3.63) is 39.9 Å². The van der Waals surface area contributed by atoms with Crippen LogP contribution in [0.5, 0.6) is 0 Å². The van der Waals surface area contributed by atoms with Gasteiger partial charge in [-0.25, -0.2) is 4.79 Å². The molecule has 11 nitrogen and oxygen atoms in total. The van der Waals surface area contributed by atoms with E-state index < -0.39 is 51.4 Å². The molecule has 2 heterocycles. The Labute approximate surface area is 167 Å². The number of nitrogens with zero attached hydrogens (tertiary/aromatic N) is 1. The monoisotopic (exact) mass is 431 g/mol. The van der Waals surface area contributed by atoms with Gasteiger partial charge in [-0.05, 0) is 26.0 Å². The molecule has 4 atom stereocenters. The van der Waals surface area contributed by atoms with Crippen LogP contribution in [0.3, 0.4) is 0 Å². The number of hydrogen-bond acceptors (Lipinski definition) is 10. The standard InChI is InChI=1S/C17H21NO10S/c1-17(2)26-14-13(28-29(3,22)23)12(25-16(14)27-17)8-9-24-15(19)10-4-6-11(7-5-10)18(20)21/h4-7,12-14,16H,8-9H2,1-3H3/t12-,13+,14+,16+/m0/s1. The number of nitro groups is 1. The molecule has 0 aromatic heterocycles. The van der Waals surface area contributed by atoms with Crippen molar-refractivity contribution in [3.63, 3.8) is 0 Å². The first-order valence-corrected chi connectivity index (χ1v) is 10.6. The molecule has 12 heteroatoms. The first-order chi connectivity index (χ1) is 13.5. The van der Waals surface area contributed by atoms with E-state index in [9.17, 15) is 23.3 Å². The summed E-state index contributed by atoms with van der Waals surface area (Å²) in [4.78, 5) is 22.2. The van der Waals surface area contributed by atoms with Gasteiger partial charge in [0, 0.05) is 18.6 Å². The van der Waals surface area contributed by atoms with Gasteiger partial charge in [0.25, 0.3) is 15.8 Å². The van der Waals surface area contributed by atoms with Crippen LogP contribution in [-0.2, 0) is 33.2 Å². The van der Waals surface area contributed by atoms with Gasteiger partial charge in [0.1, 0.15) is 12.2 Å². The Kier molecular flexibility index (Phi) is 5.92. The highest BCUT2D eigenvalue weighted by atomic mass is 32.2. The van der Waals surface area contributed by atoms with Crippen LogP contribution < -0.4 is 0 Å². The van der Waals surface area contributed by atoms with Gasteiger partial charge >= 0.3 is 5.97 Å². The molecule has 0 spiro atoms. The van der Waals surface area contributed by atoms with Gasteiger partial charge in [-0.3, -0.25) is 14.3 Å². The van der Waals surface area contributed by atoms with E-state index in [4.69, 9.17) is 23.1 Å². The van der Waals surface area contributed by atoms with E-state index in [1.165, 1.54) is 24.3 Å². The number of nitro benzene ring substituents is 1. The molecular weight excluding hydrogens is 410 g/mol. The van der Waals surface area contributed by atoms with Crippen LogP contribution in [0.25, 0.3) is 0 Å². The largest absolute Gasteiger partial charge is 0.462 e. The van der Waals surface area contributed by atoms with Crippen LogP contribution in [0.4, 0.5) is 5.69 Å². The maximum Gasteiger partial charge on any atom is 0.338 e. The molecule has 3 rings (SSSR count). The van der Waals surface area contributed by atoms with Crippen molar-refractivity contribution in [2.45, 2.75) is 50.7 Å². The van der Waals surface area contributed by atoms with E-state index in [0.717, 1.165) is 6.26 Å². The van der Waals surface area contributed by atoms with Crippen LogP contribution in [0.2, 0.25) is 0 Å². The smallest absolute Gasteiger partial charge is 0.338 e. The van der Waals surface area contributed by atoms with Gasteiger partial charge in [-0.2, -0.15) is 8.42 Å². The minimum atomic E-state index is -3.79. The number of rotatable bonds is 7. The van der Waals surface area contributed by atoms with Crippen LogP contribution >= 0.6 is 0 Å². The fourth-order valence-corrected chi connectivity index (χ4v) is 3.80. The van der Waals surface area contributed by atoms with Gasteiger partial charge in [-0.15, -0.1) is 0 Å². The number of carbonyl (C=O) groups excluding carboxylic acids is 1. The van der Waals surface area contributed by atoms with Crippen LogP contribution in [0, 0.1) is 10.1 Å². The average molecular weight is 431 g/mol. The first-order valence-electron chi connectivity index (χ1n) is 8.76. The van der Waals surface area contributed by atoms with Gasteiger partial charge in [0.05, 0.1) is 29.5 Å². The van der Waals surface area contributed by atoms with Crippen molar-refractivity contribution in [2.75, 3.05) is 12.9 Å². The van der Waals surface area contributed by atoms with Crippen molar-refractivity contribution in [1.29, 1.82) is 0 Å². The predicted molar refractivity (Wildman–Crippen MR) is 96.4 cm³/mol. The Morgan fingerprint density at radius 3 is 2.48 bits per heavy atom. The molecule has 2 aliphatic rings. The number of benzene rings is 1. The molecule has 29 heavy (non-hydrogen) atoms. The van der Waals surface area contributed by atoms with Gasteiger partial charge in [-0.1, -0.05) is 0 Å². The number of non-ortho nitro benzene ring substituents is 1. The van der Waals surface area contributed by atoms with Gasteiger partial charge in [0.2, 0.25) is 0 Å². The van der Waals surface area contributed by atoms with E-state index in [2.05, 4.69) is 0 Å². The lowest BCUT2D eigenvalue weighted by Crippen LogP contribution is -2.38. The van der Waals surface area contributed by atoms with Crippen molar-refractivity contribution in [3.8, 4) is 0 Å². The lowest BCUT2D eigenvalue weighted by molar-refractivity contribution is -0.384. The summed E-state index contributed by atoms with van der Waals surface area (Å²) in [5, 5.41) is 10.7. The maximum absolute atomic E-state index is 12.1. The summed E-state index contributed by atoms with van der Waals surface area (Å²) < 4.78 is 50.5. The summed E-state index contributed by atoms with van der Waals surface area (Å²) in [6.45, 7) is 3.26. The molecule has 0 bridgehead atoms. The molecule has 1 aromatic rings. The second-order valence-corrected chi connectivity index (χ2v) is 8.74. The summed E-state index contributed by atoms with van der Waals surface area (Å²) in [5.41, 5.74) is 0.00768. The van der Waals surface area contributed by atoms with E-state index in [0.29, 0.717) is 0 Å². The quantitative estimate of drug-likeness (QED) is 0.269. The lowest BCUT2D eigenvalue weighted by Gasteiger charge is -2.25. The Morgan fingerprint density at radius 1 is 1.24 bits per heavy atom. The number of fused-ring (bicyclic) bond motifs is 1. The van der Waals surface area contributed by atoms with Crippen molar-refractivity contribution in [1.82, 2.24) is 0 Å². The summed E-state index contributed by atoms with van der Waals surface area (Å²) in [6.07, 6.45) is -2.16. The maximum atomic E-state index is 12.1. The second-order valence-electron chi connectivity index (χ2n) is 7.14. The molecule has 0 amide bonds. The fourth-order valence-electron chi connectivity index (χ4n) is 3.17. The zero-order valence-electron chi connectivity index (χ0n) is 16.0. The van der Waals surface area contributed by atoms with E-state index in [-0.39, 0.29) is 24.3 Å². The fraction of sp³-hybridized carbons (Fsp3) is 0.588. The Morgan fingerprint density at radius 2 is 1.90 bits per heavy atom. The Balaban J connectivity index is 1.59. The molecule has 2 saturated heterocycles. The zero-order valence-corrected chi connectivity index (χ0v) is 16.8. The molecule has 160 valence electrons. The Hall–Kier alpha value is -2.12. The summed E-state index contributed by atoms with van der Waals surface area (Å²) >= 11 is 0. The molecule has 2 aliphatic heterocycles. The molecular formula is C17H21NO10S. The first kappa shape index (κ1) is 21.6. The molecule has 0 unspecified atom stereocenters. The van der Waals surface area contributed by atoms with E-state index in [1.807, 2.05) is 0 Å². The Bertz CT molecular complexity index is 882. The minimum absolute atomic E-state index is 0.0903. The zero-order chi connectivity index (χ0) is 21.4.